The zero-order valence-corrected chi connectivity index (χ0v) is 10.1. The second kappa shape index (κ2) is 4.82. The van der Waals surface area contributed by atoms with Crippen molar-refractivity contribution >= 4 is 17.6 Å². The van der Waals surface area contributed by atoms with E-state index < -0.39 is 5.97 Å². The highest BCUT2D eigenvalue weighted by molar-refractivity contribution is 6.03. The van der Waals surface area contributed by atoms with Crippen LogP contribution in [0.4, 0.5) is 5.69 Å². The van der Waals surface area contributed by atoms with E-state index in [1.165, 1.54) is 0 Å². The van der Waals surface area contributed by atoms with Gasteiger partial charge in [0.2, 0.25) is 0 Å². The number of carboxylic acids is 1. The van der Waals surface area contributed by atoms with Crippen molar-refractivity contribution in [2.24, 2.45) is 0 Å². The Hall–Kier alpha value is -2.10. The largest absolute Gasteiger partial charge is 0.478 e. The molecular formula is C13H15NO3. The van der Waals surface area contributed by atoms with Crippen LogP contribution in [0.3, 0.4) is 0 Å². The first-order chi connectivity index (χ1) is 7.82. The highest BCUT2D eigenvalue weighted by Crippen LogP contribution is 2.20. The third-order valence-electron chi connectivity index (χ3n) is 2.39. The minimum Gasteiger partial charge on any atom is -0.478 e. The first-order valence-corrected chi connectivity index (χ1v) is 5.14. The Morgan fingerprint density at radius 1 is 1.24 bits per heavy atom. The molecule has 0 saturated carbocycles. The van der Waals surface area contributed by atoms with E-state index in [-0.39, 0.29) is 11.5 Å². The Morgan fingerprint density at radius 2 is 1.71 bits per heavy atom. The lowest BCUT2D eigenvalue weighted by atomic mass is 10.0. The molecule has 17 heavy (non-hydrogen) atoms. The van der Waals surface area contributed by atoms with Gasteiger partial charge in [-0.1, -0.05) is 6.58 Å². The van der Waals surface area contributed by atoms with Gasteiger partial charge in [-0.15, -0.1) is 0 Å². The van der Waals surface area contributed by atoms with Gasteiger partial charge in [0.25, 0.3) is 5.91 Å². The van der Waals surface area contributed by atoms with Crippen LogP contribution in [0.2, 0.25) is 0 Å². The van der Waals surface area contributed by atoms with Crippen LogP contribution in [0.1, 0.15) is 28.4 Å². The lowest BCUT2D eigenvalue weighted by Crippen LogP contribution is -2.13. The maximum Gasteiger partial charge on any atom is 0.336 e. The summed E-state index contributed by atoms with van der Waals surface area (Å²) >= 11 is 0. The van der Waals surface area contributed by atoms with Gasteiger partial charge in [0.05, 0.1) is 5.56 Å². The van der Waals surface area contributed by atoms with Gasteiger partial charge in [0.15, 0.2) is 0 Å². The monoisotopic (exact) mass is 233 g/mol. The summed E-state index contributed by atoms with van der Waals surface area (Å²) in [4.78, 5) is 22.4. The van der Waals surface area contributed by atoms with Crippen LogP contribution < -0.4 is 5.32 Å². The smallest absolute Gasteiger partial charge is 0.336 e. The SMILES string of the molecule is C=C(C)C(=O)Nc1cc(C)c(C(=O)O)c(C)c1. The number of carbonyl (C=O) groups excluding carboxylic acids is 1. The number of rotatable bonds is 3. The van der Waals surface area contributed by atoms with Crippen LogP contribution in [0, 0.1) is 13.8 Å². The van der Waals surface area contributed by atoms with Crippen molar-refractivity contribution in [1.82, 2.24) is 0 Å². The number of amides is 1. The van der Waals surface area contributed by atoms with Crippen LogP contribution in [0.25, 0.3) is 0 Å². The number of aromatic carboxylic acids is 1. The van der Waals surface area contributed by atoms with Crippen LogP contribution in [-0.2, 0) is 4.79 Å². The average Bonchev–Trinajstić information content (AvgIpc) is 2.15. The van der Waals surface area contributed by atoms with Gasteiger partial charge in [-0.3, -0.25) is 4.79 Å². The minimum absolute atomic E-state index is 0.271. The van der Waals surface area contributed by atoms with E-state index in [2.05, 4.69) is 11.9 Å². The van der Waals surface area contributed by atoms with E-state index in [1.807, 2.05) is 0 Å². The topological polar surface area (TPSA) is 66.4 Å². The molecule has 0 saturated heterocycles. The Labute approximate surface area is 100.0 Å². The predicted octanol–water partition coefficient (Wildman–Crippen LogP) is 2.52. The van der Waals surface area contributed by atoms with Gasteiger partial charge in [-0.2, -0.15) is 0 Å². The molecule has 0 atom stereocenters. The number of carboxylic acid groups (broad SMARTS) is 1. The van der Waals surface area contributed by atoms with E-state index in [0.717, 1.165) is 0 Å². The van der Waals surface area contributed by atoms with E-state index >= 15 is 0 Å². The van der Waals surface area contributed by atoms with Crippen LogP contribution >= 0.6 is 0 Å². The third-order valence-corrected chi connectivity index (χ3v) is 2.39. The maximum absolute atomic E-state index is 11.4. The number of nitrogens with one attached hydrogen (secondary N) is 1. The molecule has 0 fully saturated rings. The average molecular weight is 233 g/mol. The maximum atomic E-state index is 11.4. The number of hydrogen-bond acceptors (Lipinski definition) is 2. The van der Waals surface area contributed by atoms with E-state index in [0.29, 0.717) is 22.4 Å². The lowest BCUT2D eigenvalue weighted by Gasteiger charge is -2.10. The van der Waals surface area contributed by atoms with Crippen molar-refractivity contribution in [3.63, 3.8) is 0 Å². The first kappa shape index (κ1) is 13.0. The second-order valence-electron chi connectivity index (χ2n) is 4.02. The molecular weight excluding hydrogens is 218 g/mol. The molecule has 90 valence electrons. The van der Waals surface area contributed by atoms with Crippen LogP contribution in [0.15, 0.2) is 24.3 Å². The van der Waals surface area contributed by atoms with Gasteiger partial charge in [-0.25, -0.2) is 4.79 Å². The van der Waals surface area contributed by atoms with Gasteiger partial charge < -0.3 is 10.4 Å². The summed E-state index contributed by atoms with van der Waals surface area (Å²) in [5, 5.41) is 11.7. The number of benzene rings is 1. The molecule has 0 radical (unpaired) electrons. The Balaban J connectivity index is 3.11. The second-order valence-corrected chi connectivity index (χ2v) is 4.02. The fourth-order valence-corrected chi connectivity index (χ4v) is 1.61. The van der Waals surface area contributed by atoms with Gasteiger partial charge >= 0.3 is 5.97 Å². The molecule has 1 aromatic rings. The third kappa shape index (κ3) is 2.93. The van der Waals surface area contributed by atoms with Crippen LogP contribution in [0.5, 0.6) is 0 Å². The molecule has 0 unspecified atom stereocenters. The summed E-state index contributed by atoms with van der Waals surface area (Å²) in [6.45, 7) is 8.55. The van der Waals surface area contributed by atoms with Crippen molar-refractivity contribution in [2.75, 3.05) is 5.32 Å². The van der Waals surface area contributed by atoms with Crippen molar-refractivity contribution in [1.29, 1.82) is 0 Å². The number of carbonyl (C=O) groups is 2. The summed E-state index contributed by atoms with van der Waals surface area (Å²) in [5.41, 5.74) is 2.50. The van der Waals surface area contributed by atoms with E-state index in [4.69, 9.17) is 5.11 Å². The Kier molecular flexibility index (Phi) is 3.68. The summed E-state index contributed by atoms with van der Waals surface area (Å²) in [7, 11) is 0. The molecule has 4 nitrogen and oxygen atoms in total. The highest BCUT2D eigenvalue weighted by Gasteiger charge is 2.12. The Morgan fingerprint density at radius 3 is 2.06 bits per heavy atom. The summed E-state index contributed by atoms with van der Waals surface area (Å²) in [6.07, 6.45) is 0. The molecule has 0 aromatic heterocycles. The molecule has 0 spiro atoms. The zero-order valence-electron chi connectivity index (χ0n) is 10.1. The molecule has 1 aromatic carbocycles. The molecule has 0 aliphatic heterocycles. The molecule has 2 N–H and O–H groups in total. The van der Waals surface area contributed by atoms with Gasteiger partial charge in [-0.05, 0) is 44.0 Å². The summed E-state index contributed by atoms with van der Waals surface area (Å²) in [6, 6.07) is 3.27. The predicted molar refractivity (Wildman–Crippen MR) is 66.3 cm³/mol. The molecule has 0 bridgehead atoms. The quantitative estimate of drug-likeness (QED) is 0.788. The zero-order chi connectivity index (χ0) is 13.2. The molecule has 1 amide bonds. The van der Waals surface area contributed by atoms with Crippen molar-refractivity contribution in [2.45, 2.75) is 20.8 Å². The summed E-state index contributed by atoms with van der Waals surface area (Å²) < 4.78 is 0. The lowest BCUT2D eigenvalue weighted by molar-refractivity contribution is -0.112. The van der Waals surface area contributed by atoms with Gasteiger partial charge in [0.1, 0.15) is 0 Å². The van der Waals surface area contributed by atoms with Crippen molar-refractivity contribution < 1.29 is 14.7 Å². The Bertz CT molecular complexity index is 480. The number of hydrogen-bond donors (Lipinski definition) is 2. The van der Waals surface area contributed by atoms with Gasteiger partial charge in [0, 0.05) is 11.3 Å². The number of aryl methyl sites for hydroxylation is 2. The van der Waals surface area contributed by atoms with E-state index in [9.17, 15) is 9.59 Å². The fraction of sp³-hybridized carbons (Fsp3) is 0.231. The normalized spacial score (nSPS) is 9.82. The van der Waals surface area contributed by atoms with Crippen LogP contribution in [-0.4, -0.2) is 17.0 Å². The van der Waals surface area contributed by atoms with E-state index in [1.54, 1.807) is 32.9 Å². The molecule has 0 heterocycles. The molecule has 0 aliphatic carbocycles. The standard InChI is InChI=1S/C13H15NO3/c1-7(2)12(15)14-10-5-8(3)11(13(16)17)9(4)6-10/h5-6H,1H2,2-4H3,(H,14,15)(H,16,17). The van der Waals surface area contributed by atoms with Crippen molar-refractivity contribution in [3.05, 3.63) is 41.0 Å². The molecule has 4 heteroatoms. The molecule has 0 aliphatic rings. The highest BCUT2D eigenvalue weighted by atomic mass is 16.4. The molecule has 1 rings (SSSR count). The van der Waals surface area contributed by atoms with Crippen molar-refractivity contribution in [3.8, 4) is 0 Å². The summed E-state index contributed by atoms with van der Waals surface area (Å²) in [5.74, 6) is -1.23. The fourth-order valence-electron chi connectivity index (χ4n) is 1.61. The number of anilines is 1. The first-order valence-electron chi connectivity index (χ1n) is 5.14. The minimum atomic E-state index is -0.960.